The molecule has 0 atom stereocenters. The molecule has 0 bridgehead atoms. The summed E-state index contributed by atoms with van der Waals surface area (Å²) in [5.74, 6) is -0.0465. The number of rotatable bonds is 10. The molecular weight excluding hydrogens is 440 g/mol. The highest BCUT2D eigenvalue weighted by molar-refractivity contribution is 5.75. The van der Waals surface area contributed by atoms with Crippen molar-refractivity contribution in [1.29, 1.82) is 0 Å². The predicted molar refractivity (Wildman–Crippen MR) is 116 cm³/mol. The number of fused-ring (bicyclic) bond motifs is 1. The summed E-state index contributed by atoms with van der Waals surface area (Å²) < 4.78 is 38.5. The van der Waals surface area contributed by atoms with Crippen molar-refractivity contribution in [3.63, 3.8) is 0 Å². The lowest BCUT2D eigenvalue weighted by Gasteiger charge is -2.12. The number of carbonyl (C=O) groups excluding carboxylic acids is 1. The van der Waals surface area contributed by atoms with Crippen LogP contribution in [0.15, 0.2) is 34.1 Å². The molecule has 1 amide bonds. The van der Waals surface area contributed by atoms with Crippen molar-refractivity contribution in [1.82, 2.24) is 24.0 Å². The van der Waals surface area contributed by atoms with E-state index < -0.39 is 17.9 Å². The van der Waals surface area contributed by atoms with Crippen LogP contribution in [0.2, 0.25) is 0 Å². The summed E-state index contributed by atoms with van der Waals surface area (Å²) in [5, 5.41) is 2.78. The van der Waals surface area contributed by atoms with E-state index >= 15 is 0 Å². The Hall–Kier alpha value is -3.70. The molecule has 2 aromatic heterocycles. The number of alkyl halides is 2. The maximum Gasteiger partial charge on any atom is 0.387 e. The number of hydrogen-bond donors (Lipinski definition) is 1. The van der Waals surface area contributed by atoms with Gasteiger partial charge in [0.2, 0.25) is 5.91 Å². The van der Waals surface area contributed by atoms with Gasteiger partial charge in [0.05, 0.1) is 13.4 Å². The summed E-state index contributed by atoms with van der Waals surface area (Å²) in [6.07, 6.45) is 2.57. The third-order valence-corrected chi connectivity index (χ3v) is 5.20. The fourth-order valence-corrected chi connectivity index (χ4v) is 3.48. The van der Waals surface area contributed by atoms with E-state index in [2.05, 4.69) is 15.0 Å². The molecule has 0 aliphatic carbocycles. The van der Waals surface area contributed by atoms with Crippen LogP contribution in [-0.4, -0.2) is 44.9 Å². The van der Waals surface area contributed by atoms with Gasteiger partial charge in [0.25, 0.3) is 5.56 Å². The highest BCUT2D eigenvalue weighted by atomic mass is 19.3. The second kappa shape index (κ2) is 10.3. The molecule has 10 nitrogen and oxygen atoms in total. The molecule has 0 fully saturated rings. The summed E-state index contributed by atoms with van der Waals surface area (Å²) in [6.45, 7) is -2.27. The average Bonchev–Trinajstić information content (AvgIpc) is 3.20. The molecule has 0 aliphatic heterocycles. The first kappa shape index (κ1) is 24.0. The number of aryl methyl sites for hydroxylation is 2. The largest absolute Gasteiger partial charge is 0.493 e. The van der Waals surface area contributed by atoms with Crippen LogP contribution in [-0.2, 0) is 31.9 Å². The van der Waals surface area contributed by atoms with Crippen molar-refractivity contribution in [3.8, 4) is 11.5 Å². The van der Waals surface area contributed by atoms with Gasteiger partial charge in [0.15, 0.2) is 22.7 Å². The van der Waals surface area contributed by atoms with Gasteiger partial charge in [-0.1, -0.05) is 6.07 Å². The monoisotopic (exact) mass is 465 g/mol. The zero-order valence-corrected chi connectivity index (χ0v) is 18.5. The summed E-state index contributed by atoms with van der Waals surface area (Å²) in [7, 11) is 4.31. The Kier molecular flexibility index (Phi) is 7.46. The number of methoxy groups -OCH3 is 1. The van der Waals surface area contributed by atoms with Crippen molar-refractivity contribution in [2.45, 2.75) is 32.4 Å². The Morgan fingerprint density at radius 3 is 2.64 bits per heavy atom. The maximum absolute atomic E-state index is 12.5. The van der Waals surface area contributed by atoms with Crippen LogP contribution < -0.4 is 26.0 Å². The minimum absolute atomic E-state index is 0.0625. The Labute approximate surface area is 187 Å². The van der Waals surface area contributed by atoms with Gasteiger partial charge in [-0.25, -0.2) is 9.78 Å². The minimum atomic E-state index is -2.97. The van der Waals surface area contributed by atoms with Crippen LogP contribution in [0.25, 0.3) is 11.2 Å². The van der Waals surface area contributed by atoms with E-state index in [-0.39, 0.29) is 23.8 Å². The van der Waals surface area contributed by atoms with E-state index in [0.717, 1.165) is 4.57 Å². The Morgan fingerprint density at radius 1 is 1.18 bits per heavy atom. The zero-order valence-electron chi connectivity index (χ0n) is 18.5. The number of aromatic nitrogens is 4. The van der Waals surface area contributed by atoms with E-state index in [0.29, 0.717) is 42.7 Å². The zero-order chi connectivity index (χ0) is 24.1. The van der Waals surface area contributed by atoms with Crippen molar-refractivity contribution in [3.05, 3.63) is 50.9 Å². The van der Waals surface area contributed by atoms with E-state index in [4.69, 9.17) is 4.74 Å². The molecule has 0 saturated heterocycles. The summed E-state index contributed by atoms with van der Waals surface area (Å²) in [5.41, 5.74) is 0.410. The van der Waals surface area contributed by atoms with E-state index in [1.165, 1.54) is 37.2 Å². The van der Waals surface area contributed by atoms with E-state index in [9.17, 15) is 23.2 Å². The molecule has 1 N–H and O–H groups in total. The number of nitrogens with one attached hydrogen (secondary N) is 1. The van der Waals surface area contributed by atoms with Crippen molar-refractivity contribution in [2.24, 2.45) is 14.1 Å². The molecule has 1 aromatic carbocycles. The van der Waals surface area contributed by atoms with Crippen LogP contribution in [0.3, 0.4) is 0 Å². The molecule has 0 aliphatic rings. The van der Waals surface area contributed by atoms with Crippen LogP contribution >= 0.6 is 0 Å². The van der Waals surface area contributed by atoms with Gasteiger partial charge in [-0.3, -0.25) is 18.7 Å². The molecule has 0 spiro atoms. The van der Waals surface area contributed by atoms with Gasteiger partial charge in [0, 0.05) is 33.6 Å². The van der Waals surface area contributed by atoms with Gasteiger partial charge in [-0.05, 0) is 30.5 Å². The summed E-state index contributed by atoms with van der Waals surface area (Å²) >= 11 is 0. The first-order chi connectivity index (χ1) is 15.7. The second-order valence-corrected chi connectivity index (χ2v) is 7.38. The van der Waals surface area contributed by atoms with E-state index in [1.807, 2.05) is 0 Å². The van der Waals surface area contributed by atoms with Gasteiger partial charge < -0.3 is 19.4 Å². The molecule has 12 heteroatoms. The van der Waals surface area contributed by atoms with Crippen LogP contribution in [0, 0.1) is 0 Å². The standard InChI is InChI=1S/C21H25F2N5O5/c1-26-18-17(19(30)27(2)21(26)31)28(12-25-18)10-4-5-16(29)24-9-8-13-6-7-14(32-3)15(11-13)33-20(22)23/h6-7,11-12,20H,4-5,8-10H2,1-3H3,(H,24,29). The maximum atomic E-state index is 12.5. The number of ether oxygens (including phenoxy) is 2. The van der Waals surface area contributed by atoms with Crippen LogP contribution in [0.1, 0.15) is 18.4 Å². The highest BCUT2D eigenvalue weighted by Crippen LogP contribution is 2.29. The fraction of sp³-hybridized carbons (Fsp3) is 0.429. The lowest BCUT2D eigenvalue weighted by molar-refractivity contribution is -0.121. The lowest BCUT2D eigenvalue weighted by atomic mass is 10.1. The number of nitrogens with zero attached hydrogens (tertiary/aromatic N) is 4. The Balaban J connectivity index is 1.52. The third kappa shape index (κ3) is 5.38. The molecule has 2 heterocycles. The smallest absolute Gasteiger partial charge is 0.387 e. The quantitative estimate of drug-likeness (QED) is 0.482. The van der Waals surface area contributed by atoms with Crippen LogP contribution in [0.4, 0.5) is 8.78 Å². The van der Waals surface area contributed by atoms with Crippen LogP contribution in [0.5, 0.6) is 11.5 Å². The molecule has 0 unspecified atom stereocenters. The second-order valence-electron chi connectivity index (χ2n) is 7.38. The molecular formula is C21H25F2N5O5. The third-order valence-electron chi connectivity index (χ3n) is 5.20. The number of benzene rings is 1. The van der Waals surface area contributed by atoms with Gasteiger partial charge in [0.1, 0.15) is 0 Å². The van der Waals surface area contributed by atoms with Crippen molar-refractivity contribution in [2.75, 3.05) is 13.7 Å². The average molecular weight is 465 g/mol. The normalized spacial score (nSPS) is 11.2. The molecule has 3 rings (SSSR count). The number of halogens is 2. The predicted octanol–water partition coefficient (Wildman–Crippen LogP) is 1.18. The number of imidazole rings is 1. The molecule has 0 saturated carbocycles. The topological polar surface area (TPSA) is 109 Å². The number of carbonyl (C=O) groups is 1. The van der Waals surface area contributed by atoms with Crippen molar-refractivity contribution >= 4 is 17.1 Å². The first-order valence-corrected chi connectivity index (χ1v) is 10.2. The Morgan fingerprint density at radius 2 is 1.94 bits per heavy atom. The SMILES string of the molecule is COc1ccc(CCNC(=O)CCCn2cnc3c2c(=O)n(C)c(=O)n3C)cc1OC(F)F. The molecule has 178 valence electrons. The van der Waals surface area contributed by atoms with Gasteiger partial charge in [-0.2, -0.15) is 8.78 Å². The summed E-state index contributed by atoms with van der Waals surface area (Å²) in [4.78, 5) is 40.7. The number of hydrogen-bond acceptors (Lipinski definition) is 6. The van der Waals surface area contributed by atoms with Gasteiger partial charge >= 0.3 is 12.3 Å². The van der Waals surface area contributed by atoms with Crippen molar-refractivity contribution < 1.29 is 23.0 Å². The van der Waals surface area contributed by atoms with E-state index in [1.54, 1.807) is 17.7 Å². The molecule has 3 aromatic rings. The lowest BCUT2D eigenvalue weighted by Crippen LogP contribution is -2.37. The minimum Gasteiger partial charge on any atom is -0.493 e. The highest BCUT2D eigenvalue weighted by Gasteiger charge is 2.15. The molecule has 33 heavy (non-hydrogen) atoms. The number of amides is 1. The first-order valence-electron chi connectivity index (χ1n) is 10.2. The summed E-state index contributed by atoms with van der Waals surface area (Å²) in [6, 6.07) is 4.70. The fourth-order valence-electron chi connectivity index (χ4n) is 3.48. The van der Waals surface area contributed by atoms with Gasteiger partial charge in [-0.15, -0.1) is 0 Å². The Bertz CT molecular complexity index is 1260. The molecule has 0 radical (unpaired) electrons.